The van der Waals surface area contributed by atoms with Gasteiger partial charge in [0.2, 0.25) is 0 Å². The molecule has 0 bridgehead atoms. The molecular weight excluding hydrogens is 446 g/mol. The van der Waals surface area contributed by atoms with Gasteiger partial charge in [0, 0.05) is 5.56 Å². The highest BCUT2D eigenvalue weighted by atomic mass is 32.2. The minimum absolute atomic E-state index is 0.0361. The third-order valence-corrected chi connectivity index (χ3v) is 7.16. The lowest BCUT2D eigenvalue weighted by atomic mass is 10.1. The van der Waals surface area contributed by atoms with Gasteiger partial charge in [-0.3, -0.25) is 4.79 Å². The summed E-state index contributed by atoms with van der Waals surface area (Å²) in [6.45, 7) is 3.19. The highest BCUT2D eigenvalue weighted by molar-refractivity contribution is 7.93. The molecular formula is C28H25NO4S. The van der Waals surface area contributed by atoms with Crippen LogP contribution in [0, 0.1) is 13.8 Å². The van der Waals surface area contributed by atoms with Gasteiger partial charge in [-0.05, 0) is 54.8 Å². The average Bonchev–Trinajstić information content (AvgIpc) is 2.86. The Morgan fingerprint density at radius 1 is 0.794 bits per heavy atom. The molecule has 0 radical (unpaired) electrons. The van der Waals surface area contributed by atoms with E-state index in [0.29, 0.717) is 17.0 Å². The molecule has 172 valence electrons. The minimum atomic E-state index is -4.16. The van der Waals surface area contributed by atoms with E-state index in [9.17, 15) is 13.2 Å². The van der Waals surface area contributed by atoms with Crippen molar-refractivity contribution < 1.29 is 17.9 Å². The molecule has 0 aliphatic carbocycles. The van der Waals surface area contributed by atoms with Crippen molar-refractivity contribution in [2.45, 2.75) is 18.7 Å². The van der Waals surface area contributed by atoms with Crippen LogP contribution in [0.1, 0.15) is 11.1 Å². The Morgan fingerprint density at radius 3 is 2.12 bits per heavy atom. The van der Waals surface area contributed by atoms with E-state index >= 15 is 0 Å². The molecule has 4 rings (SSSR count). The van der Waals surface area contributed by atoms with Crippen LogP contribution < -0.4 is 9.04 Å². The second-order valence-electron chi connectivity index (χ2n) is 7.92. The van der Waals surface area contributed by atoms with Crippen LogP contribution in [0.3, 0.4) is 0 Å². The van der Waals surface area contributed by atoms with Gasteiger partial charge < -0.3 is 4.74 Å². The maximum Gasteiger partial charge on any atom is 0.278 e. The maximum atomic E-state index is 13.6. The summed E-state index contributed by atoms with van der Waals surface area (Å²) in [7, 11) is -4.16. The van der Waals surface area contributed by atoms with Crippen molar-refractivity contribution in [2.24, 2.45) is 0 Å². The monoisotopic (exact) mass is 471 g/mol. The molecule has 6 heteroatoms. The van der Waals surface area contributed by atoms with Crippen molar-refractivity contribution in [1.82, 2.24) is 0 Å². The number of rotatable bonds is 7. The Balaban J connectivity index is 1.70. The molecule has 0 unspecified atom stereocenters. The number of amides is 1. The van der Waals surface area contributed by atoms with Crippen LogP contribution >= 0.6 is 0 Å². The highest BCUT2D eigenvalue weighted by Gasteiger charge is 2.32. The van der Waals surface area contributed by atoms with Crippen LogP contribution in [0.15, 0.2) is 108 Å². The summed E-state index contributed by atoms with van der Waals surface area (Å²) in [5, 5.41) is 0. The van der Waals surface area contributed by atoms with Gasteiger partial charge in [-0.25, -0.2) is 8.42 Å². The van der Waals surface area contributed by atoms with Crippen LogP contribution in [0.2, 0.25) is 0 Å². The molecule has 0 fully saturated rings. The summed E-state index contributed by atoms with van der Waals surface area (Å²) in [6, 6.07) is 30.4. The summed E-state index contributed by atoms with van der Waals surface area (Å²) in [5.74, 6) is -0.180. The van der Waals surface area contributed by atoms with Crippen LogP contribution in [0.4, 0.5) is 5.69 Å². The third-order valence-electron chi connectivity index (χ3n) is 5.41. The van der Waals surface area contributed by atoms with Crippen molar-refractivity contribution in [3.63, 3.8) is 0 Å². The zero-order chi connectivity index (χ0) is 24.1. The zero-order valence-corrected chi connectivity index (χ0v) is 19.8. The molecule has 0 heterocycles. The molecule has 0 aliphatic rings. The number of benzene rings is 4. The highest BCUT2D eigenvalue weighted by Crippen LogP contribution is 2.31. The van der Waals surface area contributed by atoms with E-state index in [1.807, 2.05) is 61.5 Å². The van der Waals surface area contributed by atoms with Gasteiger partial charge in [0.25, 0.3) is 15.9 Å². The molecule has 0 N–H and O–H groups in total. The fraction of sp³-hybridized carbons (Fsp3) is 0.107. The van der Waals surface area contributed by atoms with Crippen LogP contribution in [-0.4, -0.2) is 20.9 Å². The third kappa shape index (κ3) is 4.87. The van der Waals surface area contributed by atoms with E-state index in [0.717, 1.165) is 21.0 Å². The number of carbonyl (C=O) groups is 1. The first kappa shape index (κ1) is 23.3. The lowest BCUT2D eigenvalue weighted by Gasteiger charge is -2.25. The average molecular weight is 472 g/mol. The molecule has 4 aromatic carbocycles. The molecule has 0 saturated heterocycles. The molecule has 4 aromatic rings. The van der Waals surface area contributed by atoms with Crippen LogP contribution in [0.25, 0.3) is 11.1 Å². The molecule has 0 spiro atoms. The van der Waals surface area contributed by atoms with Crippen molar-refractivity contribution in [1.29, 1.82) is 0 Å². The van der Waals surface area contributed by atoms with Crippen molar-refractivity contribution in [2.75, 3.05) is 10.9 Å². The first-order valence-corrected chi connectivity index (χ1v) is 12.3. The summed E-state index contributed by atoms with van der Waals surface area (Å²) in [5.41, 5.74) is 3.59. The van der Waals surface area contributed by atoms with Crippen molar-refractivity contribution in [3.05, 3.63) is 114 Å². The first-order valence-electron chi connectivity index (χ1n) is 10.9. The first-order chi connectivity index (χ1) is 16.4. The fourth-order valence-electron chi connectivity index (χ4n) is 3.68. The molecule has 0 atom stereocenters. The lowest BCUT2D eigenvalue weighted by molar-refractivity contribution is -0.119. The Labute approximate surface area is 200 Å². The zero-order valence-electron chi connectivity index (χ0n) is 19.0. The predicted octanol–water partition coefficient (Wildman–Crippen LogP) is 5.77. The van der Waals surface area contributed by atoms with Crippen molar-refractivity contribution in [3.8, 4) is 16.9 Å². The Morgan fingerprint density at radius 2 is 1.41 bits per heavy atom. The van der Waals surface area contributed by atoms with Gasteiger partial charge in [0.1, 0.15) is 5.75 Å². The Bertz CT molecular complexity index is 1400. The summed E-state index contributed by atoms with van der Waals surface area (Å²) >= 11 is 0. The molecule has 0 aromatic heterocycles. The quantitative estimate of drug-likeness (QED) is 0.343. The molecule has 5 nitrogen and oxygen atoms in total. The Hall–Kier alpha value is -3.90. The summed E-state index contributed by atoms with van der Waals surface area (Å²) in [6.07, 6.45) is 0. The molecule has 0 saturated carbocycles. The van der Waals surface area contributed by atoms with Crippen LogP contribution in [-0.2, 0) is 14.8 Å². The standard InChI is InChI=1S/C28H25NO4S/c1-21-17-18-22(2)26(19-21)29(34(31,32)24-13-7-4-8-14-24)28(30)20-33-27-16-10-9-15-25(27)23-11-5-3-6-12-23/h3-19H,20H2,1-2H3. The topological polar surface area (TPSA) is 63.7 Å². The van der Waals surface area contributed by atoms with E-state index in [4.69, 9.17) is 4.74 Å². The number of carbonyl (C=O) groups excluding carboxylic acids is 1. The molecule has 0 aliphatic heterocycles. The maximum absolute atomic E-state index is 13.6. The van der Waals surface area contributed by atoms with Crippen LogP contribution in [0.5, 0.6) is 5.75 Å². The van der Waals surface area contributed by atoms with E-state index in [1.165, 1.54) is 12.1 Å². The predicted molar refractivity (Wildman–Crippen MR) is 134 cm³/mol. The van der Waals surface area contributed by atoms with Crippen molar-refractivity contribution >= 4 is 21.6 Å². The number of nitrogens with zero attached hydrogens (tertiary/aromatic N) is 1. The van der Waals surface area contributed by atoms with Gasteiger partial charge >= 0.3 is 0 Å². The van der Waals surface area contributed by atoms with E-state index in [1.54, 1.807) is 43.3 Å². The second kappa shape index (κ2) is 9.93. The molecule has 34 heavy (non-hydrogen) atoms. The second-order valence-corrected chi connectivity index (χ2v) is 9.70. The van der Waals surface area contributed by atoms with Gasteiger partial charge in [0.05, 0.1) is 10.6 Å². The fourth-order valence-corrected chi connectivity index (χ4v) is 5.17. The van der Waals surface area contributed by atoms with Gasteiger partial charge in [0.15, 0.2) is 6.61 Å². The minimum Gasteiger partial charge on any atom is -0.483 e. The smallest absolute Gasteiger partial charge is 0.278 e. The van der Waals surface area contributed by atoms with E-state index in [2.05, 4.69) is 0 Å². The number of ether oxygens (including phenoxy) is 1. The number of para-hydroxylation sites is 1. The van der Waals surface area contributed by atoms with E-state index in [-0.39, 0.29) is 4.90 Å². The SMILES string of the molecule is Cc1ccc(C)c(N(C(=O)COc2ccccc2-c2ccccc2)S(=O)(=O)c2ccccc2)c1. The normalized spacial score (nSPS) is 11.1. The molecule has 1 amide bonds. The van der Waals surface area contributed by atoms with Gasteiger partial charge in [-0.15, -0.1) is 0 Å². The number of hydrogen-bond acceptors (Lipinski definition) is 4. The summed E-state index contributed by atoms with van der Waals surface area (Å²) < 4.78 is 33.9. The van der Waals surface area contributed by atoms with E-state index < -0.39 is 22.5 Å². The van der Waals surface area contributed by atoms with Gasteiger partial charge in [-0.1, -0.05) is 78.9 Å². The number of sulfonamides is 1. The number of anilines is 1. The number of aryl methyl sites for hydroxylation is 2. The van der Waals surface area contributed by atoms with Gasteiger partial charge in [-0.2, -0.15) is 4.31 Å². The number of hydrogen-bond donors (Lipinski definition) is 0. The summed E-state index contributed by atoms with van der Waals surface area (Å²) in [4.78, 5) is 13.5. The Kier molecular flexibility index (Phi) is 6.80. The largest absolute Gasteiger partial charge is 0.483 e. The lowest BCUT2D eigenvalue weighted by Crippen LogP contribution is -2.40.